The number of carbonyl (C=O) groups is 1. The van der Waals surface area contributed by atoms with Gasteiger partial charge in [0.1, 0.15) is 5.75 Å². The second-order valence-corrected chi connectivity index (χ2v) is 8.07. The van der Waals surface area contributed by atoms with Crippen LogP contribution in [0.25, 0.3) is 0 Å². The molecule has 0 aliphatic carbocycles. The van der Waals surface area contributed by atoms with Crippen molar-refractivity contribution in [3.8, 4) is 5.75 Å². The number of ether oxygens (including phenoxy) is 1. The number of aryl methyl sites for hydroxylation is 2. The minimum Gasteiger partial charge on any atom is -0.497 e. The molecule has 0 aliphatic heterocycles. The van der Waals surface area contributed by atoms with Crippen LogP contribution in [0.1, 0.15) is 29.2 Å². The third-order valence-corrected chi connectivity index (χ3v) is 4.64. The van der Waals surface area contributed by atoms with Crippen LogP contribution in [0.2, 0.25) is 0 Å². The van der Waals surface area contributed by atoms with Crippen LogP contribution in [0.15, 0.2) is 42.5 Å². The first-order chi connectivity index (χ1) is 12.2. The zero-order chi connectivity index (χ0) is 19.3. The average Bonchev–Trinajstić information content (AvgIpc) is 2.56. The molecule has 0 saturated carbocycles. The summed E-state index contributed by atoms with van der Waals surface area (Å²) in [5, 5.41) is 2.86. The Morgan fingerprint density at radius 3 is 2.35 bits per heavy atom. The number of benzene rings is 2. The number of anilines is 1. The van der Waals surface area contributed by atoms with E-state index in [0.29, 0.717) is 11.3 Å². The molecule has 0 radical (unpaired) electrons. The quantitative estimate of drug-likeness (QED) is 0.778. The molecular weight excluding hydrogens is 352 g/mol. The Kier molecular flexibility index (Phi) is 6.39. The Bertz CT molecular complexity index is 877. The molecule has 7 heteroatoms. The summed E-state index contributed by atoms with van der Waals surface area (Å²) in [6.45, 7) is 3.85. The summed E-state index contributed by atoms with van der Waals surface area (Å²) in [4.78, 5) is 12.5. The van der Waals surface area contributed by atoms with Gasteiger partial charge in [0.25, 0.3) is 0 Å². The van der Waals surface area contributed by atoms with Crippen LogP contribution in [0.4, 0.5) is 5.69 Å². The number of methoxy groups -OCH3 is 1. The van der Waals surface area contributed by atoms with E-state index < -0.39 is 16.1 Å². The van der Waals surface area contributed by atoms with Crippen molar-refractivity contribution in [1.82, 2.24) is 4.72 Å². The Balaban J connectivity index is 2.19. The normalized spacial score (nSPS) is 12.5. The van der Waals surface area contributed by atoms with Gasteiger partial charge in [0.05, 0.1) is 19.4 Å². The molecule has 2 N–H and O–H groups in total. The van der Waals surface area contributed by atoms with Gasteiger partial charge >= 0.3 is 0 Å². The molecule has 0 heterocycles. The third kappa shape index (κ3) is 5.86. The molecular formula is C19H24N2O4S. The molecule has 0 spiro atoms. The molecule has 2 rings (SSSR count). The molecule has 2 aromatic rings. The predicted octanol–water partition coefficient (Wildman–Crippen LogP) is 2.93. The number of hydrogen-bond donors (Lipinski definition) is 2. The summed E-state index contributed by atoms with van der Waals surface area (Å²) in [5.74, 6) is 0.391. The topological polar surface area (TPSA) is 84.5 Å². The van der Waals surface area contributed by atoms with Crippen LogP contribution < -0.4 is 14.8 Å². The van der Waals surface area contributed by atoms with E-state index >= 15 is 0 Å². The lowest BCUT2D eigenvalue weighted by atomic mass is 10.0. The van der Waals surface area contributed by atoms with Crippen molar-refractivity contribution >= 4 is 21.6 Å². The maximum absolute atomic E-state index is 12.5. The minimum atomic E-state index is -3.48. The van der Waals surface area contributed by atoms with Gasteiger partial charge in [-0.05, 0) is 48.7 Å². The summed E-state index contributed by atoms with van der Waals surface area (Å²) in [7, 11) is -1.93. The first kappa shape index (κ1) is 19.9. The zero-order valence-corrected chi connectivity index (χ0v) is 16.2. The third-order valence-electron chi connectivity index (χ3n) is 3.93. The van der Waals surface area contributed by atoms with Gasteiger partial charge in [-0.15, -0.1) is 0 Å². The predicted molar refractivity (Wildman–Crippen MR) is 103 cm³/mol. The number of carbonyl (C=O) groups excluding carboxylic acids is 1. The minimum absolute atomic E-state index is 0.0211. The first-order valence-corrected chi connectivity index (χ1v) is 10.1. The Morgan fingerprint density at radius 1 is 1.12 bits per heavy atom. The van der Waals surface area contributed by atoms with Crippen LogP contribution in [0, 0.1) is 13.8 Å². The van der Waals surface area contributed by atoms with Gasteiger partial charge in [-0.3, -0.25) is 4.79 Å². The molecule has 0 aromatic heterocycles. The first-order valence-electron chi connectivity index (χ1n) is 8.16. The number of rotatable bonds is 7. The number of amides is 1. The van der Waals surface area contributed by atoms with E-state index in [0.717, 1.165) is 23.1 Å². The van der Waals surface area contributed by atoms with Crippen molar-refractivity contribution in [2.45, 2.75) is 26.3 Å². The molecule has 6 nitrogen and oxygen atoms in total. The molecule has 0 unspecified atom stereocenters. The van der Waals surface area contributed by atoms with Crippen LogP contribution in [-0.4, -0.2) is 27.7 Å². The highest BCUT2D eigenvalue weighted by Crippen LogP contribution is 2.23. The number of sulfonamides is 1. The second kappa shape index (κ2) is 8.33. The van der Waals surface area contributed by atoms with Crippen LogP contribution in [-0.2, 0) is 14.8 Å². The van der Waals surface area contributed by atoms with E-state index in [4.69, 9.17) is 4.74 Å². The highest BCUT2D eigenvalue weighted by molar-refractivity contribution is 7.88. The van der Waals surface area contributed by atoms with Crippen molar-refractivity contribution in [3.63, 3.8) is 0 Å². The fourth-order valence-electron chi connectivity index (χ4n) is 2.58. The Hall–Kier alpha value is -2.38. The van der Waals surface area contributed by atoms with Gasteiger partial charge in [-0.2, -0.15) is 0 Å². The maximum Gasteiger partial charge on any atom is 0.226 e. The second-order valence-electron chi connectivity index (χ2n) is 6.29. The van der Waals surface area contributed by atoms with E-state index in [-0.39, 0.29) is 12.3 Å². The van der Waals surface area contributed by atoms with Gasteiger partial charge < -0.3 is 10.1 Å². The van der Waals surface area contributed by atoms with Crippen molar-refractivity contribution in [2.24, 2.45) is 0 Å². The number of hydrogen-bond acceptors (Lipinski definition) is 4. The van der Waals surface area contributed by atoms with Crippen molar-refractivity contribution in [3.05, 3.63) is 59.2 Å². The van der Waals surface area contributed by atoms with E-state index in [9.17, 15) is 13.2 Å². The van der Waals surface area contributed by atoms with Gasteiger partial charge in [0.2, 0.25) is 15.9 Å². The smallest absolute Gasteiger partial charge is 0.226 e. The van der Waals surface area contributed by atoms with Gasteiger partial charge in [-0.25, -0.2) is 13.1 Å². The zero-order valence-electron chi connectivity index (χ0n) is 15.4. The molecule has 0 fully saturated rings. The molecule has 0 saturated heterocycles. The maximum atomic E-state index is 12.5. The monoisotopic (exact) mass is 376 g/mol. The Morgan fingerprint density at radius 2 is 1.77 bits per heavy atom. The molecule has 1 atom stereocenters. The van der Waals surface area contributed by atoms with E-state index in [1.807, 2.05) is 32.0 Å². The van der Waals surface area contributed by atoms with Crippen LogP contribution >= 0.6 is 0 Å². The van der Waals surface area contributed by atoms with Crippen LogP contribution in [0.3, 0.4) is 0 Å². The molecule has 140 valence electrons. The summed E-state index contributed by atoms with van der Waals surface area (Å²) in [6.07, 6.45) is 1.05. The summed E-state index contributed by atoms with van der Waals surface area (Å²) >= 11 is 0. The largest absolute Gasteiger partial charge is 0.497 e. The van der Waals surface area contributed by atoms with E-state index in [2.05, 4.69) is 10.0 Å². The average molecular weight is 376 g/mol. The highest BCUT2D eigenvalue weighted by Gasteiger charge is 2.20. The van der Waals surface area contributed by atoms with Crippen molar-refractivity contribution in [1.29, 1.82) is 0 Å². The van der Waals surface area contributed by atoms with Gasteiger partial charge in [0, 0.05) is 12.1 Å². The molecule has 1 amide bonds. The number of nitrogens with one attached hydrogen (secondary N) is 2. The van der Waals surface area contributed by atoms with Crippen molar-refractivity contribution in [2.75, 3.05) is 18.7 Å². The summed E-state index contributed by atoms with van der Waals surface area (Å²) in [6, 6.07) is 12.1. The lowest BCUT2D eigenvalue weighted by Gasteiger charge is -2.18. The lowest BCUT2D eigenvalue weighted by molar-refractivity contribution is -0.116. The van der Waals surface area contributed by atoms with E-state index in [1.165, 1.54) is 0 Å². The molecule has 26 heavy (non-hydrogen) atoms. The fraction of sp³-hybridized carbons (Fsp3) is 0.316. The summed E-state index contributed by atoms with van der Waals surface area (Å²) < 4.78 is 31.1. The van der Waals surface area contributed by atoms with Gasteiger partial charge in [-0.1, -0.05) is 24.3 Å². The van der Waals surface area contributed by atoms with Crippen molar-refractivity contribution < 1.29 is 17.9 Å². The SMILES string of the molecule is COc1ccc([C@H](CC(=O)Nc2cc(C)ccc2C)NS(C)(=O)=O)cc1. The fourth-order valence-corrected chi connectivity index (χ4v) is 3.32. The lowest BCUT2D eigenvalue weighted by Crippen LogP contribution is -2.30. The highest BCUT2D eigenvalue weighted by atomic mass is 32.2. The van der Waals surface area contributed by atoms with Crippen LogP contribution in [0.5, 0.6) is 5.75 Å². The van der Waals surface area contributed by atoms with E-state index in [1.54, 1.807) is 31.4 Å². The summed E-state index contributed by atoms with van der Waals surface area (Å²) in [5.41, 5.74) is 3.39. The van der Waals surface area contributed by atoms with Gasteiger partial charge in [0.15, 0.2) is 0 Å². The Labute approximate surface area is 154 Å². The standard InChI is InChI=1S/C19H24N2O4S/c1-13-5-6-14(2)17(11-13)20-19(22)12-18(21-26(4,23)24)15-7-9-16(25-3)10-8-15/h5-11,18,21H,12H2,1-4H3,(H,20,22)/t18-/m0/s1. The molecule has 2 aromatic carbocycles. The molecule has 0 aliphatic rings. The molecule has 0 bridgehead atoms.